The zero-order valence-corrected chi connectivity index (χ0v) is 14.9. The lowest BCUT2D eigenvalue weighted by Gasteiger charge is -2.38. The van der Waals surface area contributed by atoms with Gasteiger partial charge in [-0.1, -0.05) is 12.1 Å². The smallest absolute Gasteiger partial charge is 0.399 e. The number of nitrogens with two attached hydrogens (primary N) is 1. The third-order valence-corrected chi connectivity index (χ3v) is 4.02. The summed E-state index contributed by atoms with van der Waals surface area (Å²) in [6.07, 6.45) is -3.98. The lowest BCUT2D eigenvalue weighted by Crippen LogP contribution is -2.55. The number of piperazine rings is 1. The second-order valence-corrected chi connectivity index (χ2v) is 5.55. The second-order valence-electron chi connectivity index (χ2n) is 5.55. The van der Waals surface area contributed by atoms with Gasteiger partial charge >= 0.3 is 6.18 Å². The molecule has 1 saturated heterocycles. The number of anilines is 1. The van der Waals surface area contributed by atoms with Gasteiger partial charge in [0.1, 0.15) is 6.04 Å². The van der Waals surface area contributed by atoms with Gasteiger partial charge < -0.3 is 10.6 Å². The monoisotopic (exact) mass is 387 g/mol. The highest BCUT2D eigenvalue weighted by Crippen LogP contribution is 2.25. The molecule has 1 fully saturated rings. The van der Waals surface area contributed by atoms with Crippen LogP contribution in [0, 0.1) is 0 Å². The quantitative estimate of drug-likeness (QED) is 0.811. The average Bonchev–Trinajstić information content (AvgIpc) is 2.48. The molecule has 2 N–H and O–H groups in total. The molecule has 0 aliphatic carbocycles. The molecule has 1 aromatic rings. The summed E-state index contributed by atoms with van der Waals surface area (Å²) in [5.41, 5.74) is 7.07. The molecule has 1 unspecified atom stereocenters. The van der Waals surface area contributed by atoms with E-state index < -0.39 is 12.2 Å². The first-order valence-corrected chi connectivity index (χ1v) is 7.20. The Balaban J connectivity index is 0.00000264. The lowest BCUT2D eigenvalue weighted by atomic mass is 10.1. The van der Waals surface area contributed by atoms with Crippen LogP contribution in [0.5, 0.6) is 0 Å². The van der Waals surface area contributed by atoms with E-state index in [0.29, 0.717) is 18.8 Å². The molecule has 4 nitrogen and oxygen atoms in total. The predicted octanol–water partition coefficient (Wildman–Crippen LogP) is 2.75. The van der Waals surface area contributed by atoms with Crippen LogP contribution in [0.1, 0.15) is 12.5 Å². The molecule has 1 heterocycles. The molecule has 1 atom stereocenters. The van der Waals surface area contributed by atoms with E-state index in [2.05, 4.69) is 0 Å². The van der Waals surface area contributed by atoms with Gasteiger partial charge in [-0.25, -0.2) is 0 Å². The molecule has 9 heteroatoms. The molecule has 0 aromatic heterocycles. The number of carbonyl (C=O) groups is 1. The van der Waals surface area contributed by atoms with Crippen LogP contribution in [-0.2, 0) is 11.2 Å². The van der Waals surface area contributed by atoms with Gasteiger partial charge in [0.2, 0.25) is 5.91 Å². The zero-order valence-electron chi connectivity index (χ0n) is 13.3. The van der Waals surface area contributed by atoms with Gasteiger partial charge in [0.05, 0.1) is 6.42 Å². The number of benzene rings is 1. The molecule has 0 saturated carbocycles. The predicted molar refractivity (Wildman–Crippen MR) is 92.7 cm³/mol. The number of hydrogen-bond donors (Lipinski definition) is 1. The summed E-state index contributed by atoms with van der Waals surface area (Å²) in [7, 11) is 0. The maximum Gasteiger partial charge on any atom is 0.403 e. The molecule has 2 rings (SSSR count). The summed E-state index contributed by atoms with van der Waals surface area (Å²) < 4.78 is 38.0. The summed E-state index contributed by atoms with van der Waals surface area (Å²) in [5.74, 6) is -0.0657. The van der Waals surface area contributed by atoms with Crippen molar-refractivity contribution in [2.75, 3.05) is 31.9 Å². The average molecular weight is 388 g/mol. The van der Waals surface area contributed by atoms with Crippen LogP contribution in [-0.4, -0.2) is 54.1 Å². The normalized spacial score (nSPS) is 16.8. The number of rotatable bonds is 3. The molecule has 138 valence electrons. The molecule has 0 radical (unpaired) electrons. The van der Waals surface area contributed by atoms with Crippen molar-refractivity contribution in [2.45, 2.75) is 25.6 Å². The molecule has 1 amide bonds. The highest BCUT2D eigenvalue weighted by atomic mass is 35.5. The minimum atomic E-state index is -4.23. The van der Waals surface area contributed by atoms with E-state index in [1.165, 1.54) is 4.90 Å². The van der Waals surface area contributed by atoms with E-state index in [0.717, 1.165) is 12.5 Å². The van der Waals surface area contributed by atoms with Crippen molar-refractivity contribution in [2.24, 2.45) is 0 Å². The molecular weight excluding hydrogens is 366 g/mol. The Morgan fingerprint density at radius 2 is 1.62 bits per heavy atom. The SMILES string of the molecule is CC(N1CCN(C(=O)Cc2ccc(N)cc2)CC1)C(F)(F)F.Cl.Cl. The van der Waals surface area contributed by atoms with Crippen LogP contribution in [0.15, 0.2) is 24.3 Å². The fourth-order valence-corrected chi connectivity index (χ4v) is 2.49. The van der Waals surface area contributed by atoms with Gasteiger partial charge in [0.25, 0.3) is 0 Å². The second kappa shape index (κ2) is 9.34. The van der Waals surface area contributed by atoms with Crippen molar-refractivity contribution in [1.82, 2.24) is 9.80 Å². The first-order chi connectivity index (χ1) is 10.3. The number of hydrogen-bond acceptors (Lipinski definition) is 3. The summed E-state index contributed by atoms with van der Waals surface area (Å²) in [6.45, 7) is 2.30. The summed E-state index contributed by atoms with van der Waals surface area (Å²) >= 11 is 0. The number of alkyl halides is 3. The van der Waals surface area contributed by atoms with E-state index in [-0.39, 0.29) is 50.2 Å². The minimum Gasteiger partial charge on any atom is -0.399 e. The van der Waals surface area contributed by atoms with Crippen LogP contribution in [0.2, 0.25) is 0 Å². The van der Waals surface area contributed by atoms with Crippen LogP contribution >= 0.6 is 24.8 Å². The fourth-order valence-electron chi connectivity index (χ4n) is 2.49. The Morgan fingerprint density at radius 3 is 2.08 bits per heavy atom. The summed E-state index contributed by atoms with van der Waals surface area (Å²) in [4.78, 5) is 15.2. The minimum absolute atomic E-state index is 0. The molecule has 24 heavy (non-hydrogen) atoms. The molecule has 1 aliphatic rings. The maximum atomic E-state index is 12.7. The summed E-state index contributed by atoms with van der Waals surface area (Å²) in [6, 6.07) is 5.56. The van der Waals surface area contributed by atoms with Crippen molar-refractivity contribution in [3.05, 3.63) is 29.8 Å². The van der Waals surface area contributed by atoms with Crippen molar-refractivity contribution in [3.63, 3.8) is 0 Å². The van der Waals surface area contributed by atoms with Gasteiger partial charge in [0, 0.05) is 31.9 Å². The van der Waals surface area contributed by atoms with E-state index in [1.807, 2.05) is 0 Å². The molecule has 1 aliphatic heterocycles. The van der Waals surface area contributed by atoms with E-state index in [4.69, 9.17) is 5.73 Å². The summed E-state index contributed by atoms with van der Waals surface area (Å²) in [5, 5.41) is 0. The third kappa shape index (κ3) is 6.03. The first-order valence-electron chi connectivity index (χ1n) is 7.20. The van der Waals surface area contributed by atoms with Gasteiger partial charge in [-0.05, 0) is 24.6 Å². The maximum absolute atomic E-state index is 12.7. The van der Waals surface area contributed by atoms with Crippen molar-refractivity contribution in [1.29, 1.82) is 0 Å². The van der Waals surface area contributed by atoms with E-state index in [1.54, 1.807) is 29.2 Å². The van der Waals surface area contributed by atoms with E-state index >= 15 is 0 Å². The standard InChI is InChI=1S/C15H20F3N3O.2ClH/c1-11(15(16,17)18)20-6-8-21(9-7-20)14(22)10-12-2-4-13(19)5-3-12;;/h2-5,11H,6-10,19H2,1H3;2*1H. The molecular formula is C15H22Cl2F3N3O. The topological polar surface area (TPSA) is 49.6 Å². The lowest BCUT2D eigenvalue weighted by molar-refractivity contribution is -0.182. The van der Waals surface area contributed by atoms with Crippen LogP contribution in [0.4, 0.5) is 18.9 Å². The van der Waals surface area contributed by atoms with Gasteiger partial charge in [0.15, 0.2) is 0 Å². The van der Waals surface area contributed by atoms with Gasteiger partial charge in [-0.3, -0.25) is 9.69 Å². The number of nitrogens with zero attached hydrogens (tertiary/aromatic N) is 2. The molecule has 1 aromatic carbocycles. The van der Waals surface area contributed by atoms with Gasteiger partial charge in [-0.15, -0.1) is 24.8 Å². The Bertz CT molecular complexity index is 518. The first kappa shape index (κ1) is 22.8. The number of amides is 1. The fraction of sp³-hybridized carbons (Fsp3) is 0.533. The number of carbonyl (C=O) groups excluding carboxylic acids is 1. The Kier molecular flexibility index (Phi) is 8.88. The Hall–Kier alpha value is -1.18. The largest absolute Gasteiger partial charge is 0.403 e. The number of halogens is 5. The van der Waals surface area contributed by atoms with Crippen molar-refractivity contribution < 1.29 is 18.0 Å². The van der Waals surface area contributed by atoms with E-state index in [9.17, 15) is 18.0 Å². The number of nitrogen functional groups attached to an aromatic ring is 1. The molecule has 0 spiro atoms. The zero-order chi connectivity index (χ0) is 16.3. The highest BCUT2D eigenvalue weighted by Gasteiger charge is 2.41. The van der Waals surface area contributed by atoms with Crippen LogP contribution in [0.3, 0.4) is 0 Å². The third-order valence-electron chi connectivity index (χ3n) is 4.02. The van der Waals surface area contributed by atoms with Crippen LogP contribution < -0.4 is 5.73 Å². The highest BCUT2D eigenvalue weighted by molar-refractivity contribution is 5.85. The van der Waals surface area contributed by atoms with Crippen LogP contribution in [0.25, 0.3) is 0 Å². The van der Waals surface area contributed by atoms with Gasteiger partial charge in [-0.2, -0.15) is 13.2 Å². The molecule has 0 bridgehead atoms. The van der Waals surface area contributed by atoms with Crippen molar-refractivity contribution >= 4 is 36.4 Å². The Morgan fingerprint density at radius 1 is 1.12 bits per heavy atom. The van der Waals surface area contributed by atoms with Crippen molar-refractivity contribution in [3.8, 4) is 0 Å². The Labute approximate surface area is 152 Å².